The molecule has 0 fully saturated rings. The first-order valence-electron chi connectivity index (χ1n) is 11.8. The number of hydrogen-bond donors (Lipinski definition) is 0. The van der Waals surface area contributed by atoms with Crippen molar-refractivity contribution < 1.29 is 32.2 Å². The number of nitrogens with zero attached hydrogens (tertiary/aromatic N) is 3. The largest absolute Gasteiger partial charge is 0.497 e. The van der Waals surface area contributed by atoms with E-state index in [0.717, 1.165) is 9.66 Å². The summed E-state index contributed by atoms with van der Waals surface area (Å²) in [5, 5.41) is 0. The lowest BCUT2D eigenvalue weighted by Gasteiger charge is -2.13. The number of rotatable bonds is 10. The number of hydrogen-bond acceptors (Lipinski definition) is 9. The maximum Gasteiger partial charge on any atom is 0.269 e. The zero-order chi connectivity index (χ0) is 28.3. The summed E-state index contributed by atoms with van der Waals surface area (Å²) in [5.41, 5.74) is 1.55. The van der Waals surface area contributed by atoms with Gasteiger partial charge in [-0.2, -0.15) is 0 Å². The lowest BCUT2D eigenvalue weighted by molar-refractivity contribution is 0.103. The summed E-state index contributed by atoms with van der Waals surface area (Å²) in [6, 6.07) is 16.2. The first-order chi connectivity index (χ1) is 18.6. The fourth-order valence-electron chi connectivity index (χ4n) is 3.98. The molecule has 0 amide bonds. The second-order valence-electron chi connectivity index (χ2n) is 8.61. The van der Waals surface area contributed by atoms with Gasteiger partial charge in [0.05, 0.1) is 39.5 Å². The van der Waals surface area contributed by atoms with Crippen LogP contribution >= 0.6 is 0 Å². The van der Waals surface area contributed by atoms with Gasteiger partial charge in [0, 0.05) is 30.9 Å². The minimum absolute atomic E-state index is 0.0126. The van der Waals surface area contributed by atoms with E-state index in [9.17, 15) is 13.2 Å². The molecular weight excluding hydrogens is 522 g/mol. The van der Waals surface area contributed by atoms with Crippen molar-refractivity contribution in [1.29, 1.82) is 0 Å². The first-order valence-corrected chi connectivity index (χ1v) is 13.2. The number of aromatic nitrogens is 2. The molecule has 0 aliphatic heterocycles. The SMILES string of the molecule is COc1ccc(S(=O)(=O)n2cc(C(=O)c3cc(OC)c(OC)c(OC)c3)nc2-c2ccc(N(C)C)cc2)cc1. The molecule has 0 saturated carbocycles. The highest BCUT2D eigenvalue weighted by Gasteiger charge is 2.27. The molecule has 0 spiro atoms. The van der Waals surface area contributed by atoms with E-state index in [4.69, 9.17) is 18.9 Å². The van der Waals surface area contributed by atoms with E-state index >= 15 is 0 Å². The third-order valence-electron chi connectivity index (χ3n) is 6.09. The molecular formula is C28H29N3O7S. The third-order valence-corrected chi connectivity index (χ3v) is 7.76. The average Bonchev–Trinajstić information content (AvgIpc) is 3.42. The van der Waals surface area contributed by atoms with Crippen molar-refractivity contribution in [1.82, 2.24) is 8.96 Å². The summed E-state index contributed by atoms with van der Waals surface area (Å²) in [5.74, 6) is 0.967. The number of anilines is 1. The lowest BCUT2D eigenvalue weighted by atomic mass is 10.1. The maximum absolute atomic E-state index is 13.8. The lowest BCUT2D eigenvalue weighted by Crippen LogP contribution is -2.14. The van der Waals surface area contributed by atoms with Crippen LogP contribution < -0.4 is 23.8 Å². The number of benzene rings is 3. The van der Waals surface area contributed by atoms with Crippen LogP contribution in [-0.2, 0) is 10.0 Å². The van der Waals surface area contributed by atoms with Crippen LogP contribution in [0.25, 0.3) is 11.4 Å². The van der Waals surface area contributed by atoms with Crippen molar-refractivity contribution >= 4 is 21.5 Å². The first kappa shape index (κ1) is 27.5. The summed E-state index contributed by atoms with van der Waals surface area (Å²) >= 11 is 0. The number of carbonyl (C=O) groups excluding carboxylic acids is 1. The molecule has 11 heteroatoms. The summed E-state index contributed by atoms with van der Waals surface area (Å²) < 4.78 is 49.8. The Morgan fingerprint density at radius 1 is 0.821 bits per heavy atom. The van der Waals surface area contributed by atoms with Crippen molar-refractivity contribution in [3.05, 3.63) is 78.1 Å². The summed E-state index contributed by atoms with van der Waals surface area (Å²) in [7, 11) is 5.51. The zero-order valence-electron chi connectivity index (χ0n) is 22.5. The molecule has 4 aromatic rings. The van der Waals surface area contributed by atoms with E-state index in [1.54, 1.807) is 24.3 Å². The molecule has 0 N–H and O–H groups in total. The van der Waals surface area contributed by atoms with Crippen LogP contribution in [0.4, 0.5) is 5.69 Å². The summed E-state index contributed by atoms with van der Waals surface area (Å²) in [4.78, 5) is 20.1. The van der Waals surface area contributed by atoms with Crippen molar-refractivity contribution in [3.63, 3.8) is 0 Å². The van der Waals surface area contributed by atoms with Crippen molar-refractivity contribution in [2.75, 3.05) is 47.4 Å². The molecule has 0 bridgehead atoms. The molecule has 3 aromatic carbocycles. The van der Waals surface area contributed by atoms with E-state index in [1.165, 1.54) is 58.9 Å². The maximum atomic E-state index is 13.8. The molecule has 204 valence electrons. The van der Waals surface area contributed by atoms with Gasteiger partial charge in [-0.15, -0.1) is 0 Å². The Labute approximate surface area is 227 Å². The highest BCUT2D eigenvalue weighted by molar-refractivity contribution is 7.90. The molecule has 0 unspecified atom stereocenters. The summed E-state index contributed by atoms with van der Waals surface area (Å²) in [6.07, 6.45) is 1.22. The molecule has 0 saturated heterocycles. The van der Waals surface area contributed by atoms with Crippen LogP contribution in [-0.4, -0.2) is 65.7 Å². The van der Waals surface area contributed by atoms with Gasteiger partial charge in [0.15, 0.2) is 17.3 Å². The topological polar surface area (TPSA) is 109 Å². The predicted octanol–water partition coefficient (Wildman–Crippen LogP) is 4.12. The third kappa shape index (κ3) is 5.26. The van der Waals surface area contributed by atoms with Gasteiger partial charge in [0.1, 0.15) is 11.4 Å². The number of ether oxygens (including phenoxy) is 4. The monoisotopic (exact) mass is 551 g/mol. The van der Waals surface area contributed by atoms with Gasteiger partial charge < -0.3 is 23.8 Å². The molecule has 1 aromatic heterocycles. The van der Waals surface area contributed by atoms with Crippen LogP contribution in [0.3, 0.4) is 0 Å². The highest BCUT2D eigenvalue weighted by Crippen LogP contribution is 2.39. The Morgan fingerprint density at radius 3 is 1.90 bits per heavy atom. The Bertz CT molecular complexity index is 1570. The van der Waals surface area contributed by atoms with Crippen molar-refractivity contribution in [2.45, 2.75) is 4.90 Å². The normalized spacial score (nSPS) is 11.1. The van der Waals surface area contributed by atoms with E-state index in [-0.39, 0.29) is 33.5 Å². The zero-order valence-corrected chi connectivity index (χ0v) is 23.3. The molecule has 0 radical (unpaired) electrons. The van der Waals surface area contributed by atoms with Crippen LogP contribution in [0.15, 0.2) is 71.8 Å². The van der Waals surface area contributed by atoms with Gasteiger partial charge in [0.25, 0.3) is 10.0 Å². The number of carbonyl (C=O) groups is 1. The minimum atomic E-state index is -4.13. The second kappa shape index (κ2) is 11.1. The Morgan fingerprint density at radius 2 is 1.41 bits per heavy atom. The molecule has 0 atom stereocenters. The van der Waals surface area contributed by atoms with E-state index < -0.39 is 15.8 Å². The van der Waals surface area contributed by atoms with Gasteiger partial charge >= 0.3 is 0 Å². The predicted molar refractivity (Wildman–Crippen MR) is 147 cm³/mol. The number of imidazole rings is 1. The molecule has 0 aliphatic carbocycles. The fraction of sp³-hybridized carbons (Fsp3) is 0.214. The van der Waals surface area contributed by atoms with Crippen LogP contribution in [0.2, 0.25) is 0 Å². The Hall–Kier alpha value is -4.51. The van der Waals surface area contributed by atoms with Crippen LogP contribution in [0, 0.1) is 0 Å². The van der Waals surface area contributed by atoms with E-state index in [0.29, 0.717) is 17.1 Å². The molecule has 1 heterocycles. The molecule has 39 heavy (non-hydrogen) atoms. The van der Waals surface area contributed by atoms with Crippen molar-refractivity contribution in [2.24, 2.45) is 0 Å². The standard InChI is InChI=1S/C28H29N3O7S/c1-30(2)20-9-7-18(8-10-20)28-29-23(17-31(28)39(33,34)22-13-11-21(35-3)12-14-22)26(32)19-15-24(36-4)27(38-6)25(16-19)37-5/h7-17H,1-6H3. The van der Waals surface area contributed by atoms with Crippen molar-refractivity contribution in [3.8, 4) is 34.4 Å². The quantitative estimate of drug-likeness (QED) is 0.269. The Balaban J connectivity index is 1.88. The van der Waals surface area contributed by atoms with Crippen LogP contribution in [0.1, 0.15) is 16.1 Å². The molecule has 10 nitrogen and oxygen atoms in total. The minimum Gasteiger partial charge on any atom is -0.497 e. The molecule has 4 rings (SSSR count). The van der Waals surface area contributed by atoms with Crippen LogP contribution in [0.5, 0.6) is 23.0 Å². The van der Waals surface area contributed by atoms with Gasteiger partial charge in [-0.05, 0) is 60.7 Å². The van der Waals surface area contributed by atoms with Gasteiger partial charge in [0.2, 0.25) is 11.5 Å². The average molecular weight is 552 g/mol. The fourth-order valence-corrected chi connectivity index (χ4v) is 5.30. The van der Waals surface area contributed by atoms with Gasteiger partial charge in [-0.1, -0.05) is 0 Å². The number of methoxy groups -OCH3 is 4. The van der Waals surface area contributed by atoms with Gasteiger partial charge in [-0.25, -0.2) is 17.4 Å². The smallest absolute Gasteiger partial charge is 0.269 e. The molecule has 0 aliphatic rings. The highest BCUT2D eigenvalue weighted by atomic mass is 32.2. The summed E-state index contributed by atoms with van der Waals surface area (Å²) in [6.45, 7) is 0. The Kier molecular flexibility index (Phi) is 7.82. The second-order valence-corrected chi connectivity index (χ2v) is 10.4. The number of ketones is 1. The van der Waals surface area contributed by atoms with E-state index in [2.05, 4.69) is 4.98 Å². The van der Waals surface area contributed by atoms with Gasteiger partial charge in [-0.3, -0.25) is 4.79 Å². The van der Waals surface area contributed by atoms with E-state index in [1.807, 2.05) is 31.1 Å².